The number of nitro groups is 1. The number of piperidine rings is 1. The fraction of sp³-hybridized carbons (Fsp3) is 0.259. The summed E-state index contributed by atoms with van der Waals surface area (Å²) >= 11 is 12.6. The van der Waals surface area contributed by atoms with Crippen molar-refractivity contribution in [2.45, 2.75) is 38.6 Å². The molecule has 1 aliphatic rings. The van der Waals surface area contributed by atoms with Gasteiger partial charge in [0.25, 0.3) is 5.69 Å². The van der Waals surface area contributed by atoms with E-state index in [1.807, 2.05) is 43.3 Å². The maximum absolute atomic E-state index is 14.2. The van der Waals surface area contributed by atoms with Crippen molar-refractivity contribution >= 4 is 40.6 Å². The van der Waals surface area contributed by atoms with Crippen LogP contribution in [0.15, 0.2) is 73.4 Å². The van der Waals surface area contributed by atoms with Gasteiger partial charge in [-0.25, -0.2) is 4.98 Å². The quantitative estimate of drug-likeness (QED) is 0.196. The van der Waals surface area contributed by atoms with Crippen LogP contribution in [0.2, 0.25) is 10.0 Å². The van der Waals surface area contributed by atoms with Gasteiger partial charge in [-0.05, 0) is 60.7 Å². The molecule has 2 heterocycles. The summed E-state index contributed by atoms with van der Waals surface area (Å²) in [6.07, 6.45) is 3.99. The molecule has 2 aromatic carbocycles. The molecular weight excluding hydrogens is 485 g/mol. The number of anilines is 1. The normalized spacial score (nSPS) is 22.2. The summed E-state index contributed by atoms with van der Waals surface area (Å²) in [7, 11) is 0. The predicted octanol–water partition coefficient (Wildman–Crippen LogP) is 7.45. The SMILES string of the molecule is C=CC[C@@]1(C)CC(c2cccc(Cl)c2)C(c2ccc(Cl)cc2)N(c2ncc([N+](=O)[O-])cc2C)C1=O. The van der Waals surface area contributed by atoms with Gasteiger partial charge in [0, 0.05) is 22.0 Å². The Morgan fingerprint density at radius 3 is 2.49 bits per heavy atom. The number of halogens is 2. The summed E-state index contributed by atoms with van der Waals surface area (Å²) in [6, 6.07) is 16.1. The van der Waals surface area contributed by atoms with Crippen LogP contribution in [0.5, 0.6) is 0 Å². The van der Waals surface area contributed by atoms with Crippen molar-refractivity contribution in [2.24, 2.45) is 5.41 Å². The predicted molar refractivity (Wildman–Crippen MR) is 139 cm³/mol. The third-order valence-electron chi connectivity index (χ3n) is 6.62. The van der Waals surface area contributed by atoms with Gasteiger partial charge in [0.05, 0.1) is 16.4 Å². The van der Waals surface area contributed by atoms with Crippen LogP contribution >= 0.6 is 23.2 Å². The van der Waals surface area contributed by atoms with Gasteiger partial charge in [-0.15, -0.1) is 6.58 Å². The largest absolute Gasteiger partial charge is 0.288 e. The van der Waals surface area contributed by atoms with Gasteiger partial charge in [0.15, 0.2) is 0 Å². The highest BCUT2D eigenvalue weighted by atomic mass is 35.5. The van der Waals surface area contributed by atoms with Gasteiger partial charge < -0.3 is 0 Å². The molecule has 0 aliphatic carbocycles. The standard InChI is InChI=1S/C27H25Cl2N3O3/c1-4-12-27(3)15-23(19-6-5-7-21(29)14-19)24(18-8-10-20(28)11-9-18)31(26(27)33)25-17(2)13-22(16-30-25)32(34)35/h4-11,13-14,16,23-24H,1,12,15H2,2-3H3/t23?,24?,27-/m0/s1. The van der Waals surface area contributed by atoms with E-state index < -0.39 is 16.4 Å². The number of aryl methyl sites for hydroxylation is 1. The lowest BCUT2D eigenvalue weighted by molar-refractivity contribution is -0.385. The third kappa shape index (κ3) is 4.81. The van der Waals surface area contributed by atoms with Crippen LogP contribution in [0.1, 0.15) is 48.4 Å². The second-order valence-corrected chi connectivity index (χ2v) is 10.1. The Morgan fingerprint density at radius 2 is 1.89 bits per heavy atom. The second-order valence-electron chi connectivity index (χ2n) is 9.18. The molecule has 1 saturated heterocycles. The van der Waals surface area contributed by atoms with Crippen LogP contribution in [0.3, 0.4) is 0 Å². The number of amides is 1. The van der Waals surface area contributed by atoms with E-state index in [4.69, 9.17) is 23.2 Å². The molecule has 1 amide bonds. The Balaban J connectivity index is 1.97. The molecule has 6 nitrogen and oxygen atoms in total. The van der Waals surface area contributed by atoms with Crippen LogP contribution in [-0.4, -0.2) is 15.8 Å². The summed E-state index contributed by atoms with van der Waals surface area (Å²) in [5.41, 5.74) is 1.53. The summed E-state index contributed by atoms with van der Waals surface area (Å²) in [5.74, 6) is 0.150. The lowest BCUT2D eigenvalue weighted by Crippen LogP contribution is -2.52. The Labute approximate surface area is 214 Å². The number of aromatic nitrogens is 1. The number of rotatable bonds is 6. The minimum absolute atomic E-state index is 0.111. The Bertz CT molecular complexity index is 1300. The molecule has 0 radical (unpaired) electrons. The summed E-state index contributed by atoms with van der Waals surface area (Å²) in [5, 5.41) is 12.5. The maximum Gasteiger partial charge on any atom is 0.287 e. The number of nitrogens with zero attached hydrogens (tertiary/aromatic N) is 3. The third-order valence-corrected chi connectivity index (χ3v) is 7.11. The Hall–Kier alpha value is -3.22. The first-order chi connectivity index (χ1) is 16.6. The van der Waals surface area contributed by atoms with Gasteiger partial charge in [-0.3, -0.25) is 19.8 Å². The second kappa shape index (κ2) is 9.80. The number of carbonyl (C=O) groups excluding carboxylic acids is 1. The fourth-order valence-corrected chi connectivity index (χ4v) is 5.31. The molecule has 3 aromatic rings. The van der Waals surface area contributed by atoms with E-state index in [1.54, 1.807) is 30.0 Å². The lowest BCUT2D eigenvalue weighted by Gasteiger charge is -2.49. The summed E-state index contributed by atoms with van der Waals surface area (Å²) in [4.78, 5) is 31.1. The molecule has 35 heavy (non-hydrogen) atoms. The number of benzene rings is 2. The van der Waals surface area contributed by atoms with E-state index in [9.17, 15) is 14.9 Å². The summed E-state index contributed by atoms with van der Waals surface area (Å²) < 4.78 is 0. The van der Waals surface area contributed by atoms with Crippen LogP contribution in [-0.2, 0) is 4.79 Å². The first kappa shape index (κ1) is 24.9. The van der Waals surface area contributed by atoms with Crippen molar-refractivity contribution in [3.8, 4) is 0 Å². The highest BCUT2D eigenvalue weighted by Crippen LogP contribution is 2.52. The molecule has 1 aliphatic heterocycles. The number of pyridine rings is 1. The zero-order valence-electron chi connectivity index (χ0n) is 19.4. The van der Waals surface area contributed by atoms with Gasteiger partial charge >= 0.3 is 0 Å². The van der Waals surface area contributed by atoms with E-state index in [0.29, 0.717) is 34.3 Å². The van der Waals surface area contributed by atoms with E-state index in [1.165, 1.54) is 12.3 Å². The average Bonchev–Trinajstić information content (AvgIpc) is 2.82. The molecule has 0 saturated carbocycles. The monoisotopic (exact) mass is 509 g/mol. The van der Waals surface area contributed by atoms with Crippen molar-refractivity contribution in [2.75, 3.05) is 4.90 Å². The van der Waals surface area contributed by atoms with Crippen LogP contribution in [0.4, 0.5) is 11.5 Å². The van der Waals surface area contributed by atoms with Crippen molar-refractivity contribution < 1.29 is 9.72 Å². The molecule has 0 spiro atoms. The molecule has 3 atom stereocenters. The zero-order chi connectivity index (χ0) is 25.3. The van der Waals surface area contributed by atoms with Crippen molar-refractivity contribution in [1.82, 2.24) is 4.98 Å². The first-order valence-corrected chi connectivity index (χ1v) is 12.0. The van der Waals surface area contributed by atoms with Crippen molar-refractivity contribution in [1.29, 1.82) is 0 Å². The lowest BCUT2D eigenvalue weighted by atomic mass is 9.67. The van der Waals surface area contributed by atoms with E-state index in [0.717, 1.165) is 11.1 Å². The molecular formula is C27H25Cl2N3O3. The van der Waals surface area contributed by atoms with Gasteiger partial charge in [0.2, 0.25) is 5.91 Å². The van der Waals surface area contributed by atoms with Gasteiger partial charge in [0.1, 0.15) is 12.0 Å². The van der Waals surface area contributed by atoms with Crippen molar-refractivity contribution in [3.63, 3.8) is 0 Å². The van der Waals surface area contributed by atoms with Gasteiger partial charge in [-0.2, -0.15) is 0 Å². The smallest absolute Gasteiger partial charge is 0.287 e. The highest BCUT2D eigenvalue weighted by molar-refractivity contribution is 6.30. The molecule has 0 bridgehead atoms. The van der Waals surface area contributed by atoms with E-state index in [-0.39, 0.29) is 17.5 Å². The van der Waals surface area contributed by atoms with Crippen molar-refractivity contribution in [3.05, 3.63) is 110 Å². The number of hydrogen-bond acceptors (Lipinski definition) is 4. The fourth-order valence-electron chi connectivity index (χ4n) is 4.98. The molecule has 1 fully saturated rings. The molecule has 0 N–H and O–H groups in total. The maximum atomic E-state index is 14.2. The zero-order valence-corrected chi connectivity index (χ0v) is 21.0. The number of carbonyl (C=O) groups is 1. The van der Waals surface area contributed by atoms with E-state index >= 15 is 0 Å². The van der Waals surface area contributed by atoms with Gasteiger partial charge in [-0.1, -0.05) is 60.5 Å². The average molecular weight is 510 g/mol. The molecule has 2 unspecified atom stereocenters. The minimum Gasteiger partial charge on any atom is -0.288 e. The van der Waals surface area contributed by atoms with Crippen LogP contribution in [0.25, 0.3) is 0 Å². The number of allylic oxidation sites excluding steroid dienone is 1. The highest BCUT2D eigenvalue weighted by Gasteiger charge is 2.50. The molecule has 180 valence electrons. The molecule has 4 rings (SSSR count). The Kier molecular flexibility index (Phi) is 6.97. The first-order valence-electron chi connectivity index (χ1n) is 11.2. The molecule has 8 heteroatoms. The molecule has 1 aromatic heterocycles. The minimum atomic E-state index is -0.756. The Morgan fingerprint density at radius 1 is 1.17 bits per heavy atom. The van der Waals surface area contributed by atoms with E-state index in [2.05, 4.69) is 11.6 Å². The number of hydrogen-bond donors (Lipinski definition) is 0. The van der Waals surface area contributed by atoms with Crippen LogP contribution in [0, 0.1) is 22.5 Å². The summed E-state index contributed by atoms with van der Waals surface area (Å²) in [6.45, 7) is 7.54. The van der Waals surface area contributed by atoms with Crippen LogP contribution < -0.4 is 4.90 Å². The topological polar surface area (TPSA) is 76.3 Å².